The van der Waals surface area contributed by atoms with Gasteiger partial charge in [0.25, 0.3) is 5.91 Å². The Morgan fingerprint density at radius 3 is 3.00 bits per heavy atom. The number of hydrogen-bond donors (Lipinski definition) is 1. The van der Waals surface area contributed by atoms with Crippen LogP contribution in [0.25, 0.3) is 0 Å². The van der Waals surface area contributed by atoms with Gasteiger partial charge in [0, 0.05) is 26.7 Å². The van der Waals surface area contributed by atoms with E-state index in [0.717, 1.165) is 19.4 Å². The van der Waals surface area contributed by atoms with Crippen molar-refractivity contribution in [1.29, 1.82) is 0 Å². The molecule has 1 saturated heterocycles. The van der Waals surface area contributed by atoms with Gasteiger partial charge in [-0.2, -0.15) is 0 Å². The average molecular weight is 312 g/mol. The molecular formula is C15H22ClN3O2. The Balaban J connectivity index is 2.21. The topological polar surface area (TPSA) is 54.5 Å². The van der Waals surface area contributed by atoms with Gasteiger partial charge in [0.15, 0.2) is 0 Å². The van der Waals surface area contributed by atoms with Crippen molar-refractivity contribution in [3.63, 3.8) is 0 Å². The zero-order valence-electron chi connectivity index (χ0n) is 12.8. The molecule has 2 heterocycles. The molecule has 1 fully saturated rings. The van der Waals surface area contributed by atoms with Crippen LogP contribution in [-0.4, -0.2) is 48.1 Å². The first-order chi connectivity index (χ1) is 9.99. The highest BCUT2D eigenvalue weighted by atomic mass is 35.5. The number of nitrogens with zero attached hydrogens (tertiary/aromatic N) is 2. The molecule has 0 aromatic carbocycles. The van der Waals surface area contributed by atoms with Crippen molar-refractivity contribution in [2.45, 2.75) is 32.3 Å². The Labute approximate surface area is 130 Å². The van der Waals surface area contributed by atoms with E-state index in [1.807, 2.05) is 13.8 Å². The minimum Gasteiger partial charge on any atom is -0.377 e. The predicted molar refractivity (Wildman–Crippen MR) is 84.0 cm³/mol. The smallest absolute Gasteiger partial charge is 0.274 e. The summed E-state index contributed by atoms with van der Waals surface area (Å²) in [5.74, 6) is 0.527. The second-order valence-corrected chi connectivity index (χ2v) is 5.95. The third-order valence-electron chi connectivity index (χ3n) is 3.85. The Kier molecular flexibility index (Phi) is 5.06. The first kappa shape index (κ1) is 16.0. The molecule has 6 heteroatoms. The van der Waals surface area contributed by atoms with E-state index in [1.54, 1.807) is 24.1 Å². The van der Waals surface area contributed by atoms with Gasteiger partial charge < -0.3 is 15.0 Å². The number of likely N-dealkylation sites (tertiary alicyclic amines) is 1. The van der Waals surface area contributed by atoms with Gasteiger partial charge in [-0.3, -0.25) is 4.79 Å². The van der Waals surface area contributed by atoms with E-state index in [2.05, 4.69) is 10.3 Å². The molecule has 5 nitrogen and oxygen atoms in total. The quantitative estimate of drug-likeness (QED) is 0.929. The number of amides is 1. The van der Waals surface area contributed by atoms with Crippen LogP contribution in [0.3, 0.4) is 0 Å². The van der Waals surface area contributed by atoms with Crippen molar-refractivity contribution in [1.82, 2.24) is 9.88 Å². The Hall–Kier alpha value is -1.33. The number of methoxy groups -OCH3 is 1. The van der Waals surface area contributed by atoms with Gasteiger partial charge in [-0.05, 0) is 38.8 Å². The fourth-order valence-electron chi connectivity index (χ4n) is 2.57. The highest BCUT2D eigenvalue weighted by molar-refractivity contribution is 6.33. The average Bonchev–Trinajstić information content (AvgIpc) is 2.49. The van der Waals surface area contributed by atoms with Crippen LogP contribution in [0.4, 0.5) is 5.82 Å². The third kappa shape index (κ3) is 3.66. The van der Waals surface area contributed by atoms with Gasteiger partial charge in [-0.1, -0.05) is 11.6 Å². The molecular weight excluding hydrogens is 290 g/mol. The van der Waals surface area contributed by atoms with Crippen LogP contribution in [0, 0.1) is 0 Å². The number of halogens is 1. The van der Waals surface area contributed by atoms with Crippen molar-refractivity contribution < 1.29 is 9.53 Å². The zero-order valence-corrected chi connectivity index (χ0v) is 13.5. The van der Waals surface area contributed by atoms with Crippen molar-refractivity contribution in [3.8, 4) is 0 Å². The summed E-state index contributed by atoms with van der Waals surface area (Å²) in [5.41, 5.74) is 0.00936. The van der Waals surface area contributed by atoms with Crippen molar-refractivity contribution >= 4 is 23.3 Å². The molecule has 0 saturated carbocycles. The summed E-state index contributed by atoms with van der Waals surface area (Å²) in [7, 11) is 1.69. The lowest BCUT2D eigenvalue weighted by molar-refractivity contribution is -0.0441. The molecule has 1 N–H and O–H groups in total. The van der Waals surface area contributed by atoms with Gasteiger partial charge in [0.05, 0.1) is 10.6 Å². The summed E-state index contributed by atoms with van der Waals surface area (Å²) in [4.78, 5) is 18.8. The number of carbonyl (C=O) groups is 1. The SMILES string of the molecule is CCNc1ccc(Cl)c(C(=O)N2CCCC(C)(OC)C2)n1. The van der Waals surface area contributed by atoms with E-state index in [9.17, 15) is 4.79 Å². The molecule has 1 aromatic rings. The number of hydrogen-bond acceptors (Lipinski definition) is 4. The molecule has 0 aliphatic carbocycles. The maximum Gasteiger partial charge on any atom is 0.274 e. The van der Waals surface area contributed by atoms with E-state index in [1.165, 1.54) is 0 Å². The molecule has 1 unspecified atom stereocenters. The van der Waals surface area contributed by atoms with Crippen molar-refractivity contribution in [2.75, 3.05) is 32.1 Å². The van der Waals surface area contributed by atoms with Crippen LogP contribution in [0.1, 0.15) is 37.2 Å². The molecule has 21 heavy (non-hydrogen) atoms. The minimum atomic E-state index is -0.292. The number of carbonyl (C=O) groups excluding carboxylic acids is 1. The number of ether oxygens (including phenoxy) is 1. The van der Waals surface area contributed by atoms with E-state index in [4.69, 9.17) is 16.3 Å². The number of pyridine rings is 1. The maximum atomic E-state index is 12.7. The normalized spacial score (nSPS) is 22.2. The van der Waals surface area contributed by atoms with Crippen LogP contribution < -0.4 is 5.32 Å². The standard InChI is InChI=1S/C15H22ClN3O2/c1-4-17-12-7-6-11(16)13(18-12)14(20)19-9-5-8-15(2,10-19)21-3/h6-7H,4-5,8-10H2,1-3H3,(H,17,18). The van der Waals surface area contributed by atoms with E-state index in [0.29, 0.717) is 29.6 Å². The number of piperidine rings is 1. The van der Waals surface area contributed by atoms with E-state index >= 15 is 0 Å². The predicted octanol–water partition coefficient (Wildman–Crippen LogP) is 2.81. The van der Waals surface area contributed by atoms with Crippen molar-refractivity contribution in [2.24, 2.45) is 0 Å². The van der Waals surface area contributed by atoms with Crippen LogP contribution >= 0.6 is 11.6 Å². The lowest BCUT2D eigenvalue weighted by Gasteiger charge is -2.39. The Morgan fingerprint density at radius 1 is 1.57 bits per heavy atom. The summed E-state index contributed by atoms with van der Waals surface area (Å²) in [6, 6.07) is 3.48. The summed E-state index contributed by atoms with van der Waals surface area (Å²) in [6.07, 6.45) is 1.87. The second kappa shape index (κ2) is 6.62. The summed E-state index contributed by atoms with van der Waals surface area (Å²) in [6.45, 7) is 6.02. The second-order valence-electron chi connectivity index (χ2n) is 5.54. The molecule has 0 bridgehead atoms. The van der Waals surface area contributed by atoms with Gasteiger partial charge in [-0.15, -0.1) is 0 Å². The first-order valence-electron chi connectivity index (χ1n) is 7.24. The summed E-state index contributed by atoms with van der Waals surface area (Å²) >= 11 is 6.15. The molecule has 0 spiro atoms. The Morgan fingerprint density at radius 2 is 2.33 bits per heavy atom. The van der Waals surface area contributed by atoms with Gasteiger partial charge in [-0.25, -0.2) is 4.98 Å². The molecule has 1 aliphatic heterocycles. The van der Waals surface area contributed by atoms with Crippen LogP contribution in [0.2, 0.25) is 5.02 Å². The van der Waals surface area contributed by atoms with Crippen LogP contribution in [0.5, 0.6) is 0 Å². The summed E-state index contributed by atoms with van der Waals surface area (Å²) in [5, 5.41) is 3.48. The van der Waals surface area contributed by atoms with Gasteiger partial charge in [0.2, 0.25) is 0 Å². The zero-order chi connectivity index (χ0) is 15.5. The Bertz CT molecular complexity index is 524. The lowest BCUT2D eigenvalue weighted by atomic mass is 9.94. The molecule has 116 valence electrons. The van der Waals surface area contributed by atoms with E-state index in [-0.39, 0.29) is 11.5 Å². The molecule has 2 rings (SSSR count). The molecule has 1 atom stereocenters. The monoisotopic (exact) mass is 311 g/mol. The molecule has 0 radical (unpaired) electrons. The van der Waals surface area contributed by atoms with Crippen LogP contribution in [-0.2, 0) is 4.74 Å². The molecule has 1 aliphatic rings. The number of aromatic nitrogens is 1. The maximum absolute atomic E-state index is 12.7. The lowest BCUT2D eigenvalue weighted by Crippen LogP contribution is -2.49. The molecule has 1 amide bonds. The first-order valence-corrected chi connectivity index (χ1v) is 7.62. The molecule has 1 aromatic heterocycles. The third-order valence-corrected chi connectivity index (χ3v) is 4.15. The van der Waals surface area contributed by atoms with Crippen LogP contribution in [0.15, 0.2) is 12.1 Å². The van der Waals surface area contributed by atoms with Crippen molar-refractivity contribution in [3.05, 3.63) is 22.8 Å². The fraction of sp³-hybridized carbons (Fsp3) is 0.600. The minimum absolute atomic E-state index is 0.136. The number of anilines is 1. The summed E-state index contributed by atoms with van der Waals surface area (Å²) < 4.78 is 5.53. The van der Waals surface area contributed by atoms with Gasteiger partial charge in [0.1, 0.15) is 11.5 Å². The highest BCUT2D eigenvalue weighted by Gasteiger charge is 2.34. The number of rotatable bonds is 4. The number of nitrogens with one attached hydrogen (secondary N) is 1. The highest BCUT2D eigenvalue weighted by Crippen LogP contribution is 2.26. The fourth-order valence-corrected chi connectivity index (χ4v) is 2.75. The largest absolute Gasteiger partial charge is 0.377 e. The van der Waals surface area contributed by atoms with E-state index < -0.39 is 0 Å². The van der Waals surface area contributed by atoms with Gasteiger partial charge >= 0.3 is 0 Å².